The maximum absolute atomic E-state index is 4.12. The molecule has 0 aliphatic rings. The Morgan fingerprint density at radius 1 is 1.12 bits per heavy atom. The number of rotatable bonds is 4. The number of fused-ring (bicyclic) bond motifs is 1. The molecule has 0 aliphatic carbocycles. The molecule has 1 heterocycles. The fourth-order valence-electron chi connectivity index (χ4n) is 1.89. The van der Waals surface area contributed by atoms with Crippen LogP contribution in [0.1, 0.15) is 12.0 Å². The second kappa shape index (κ2) is 5.08. The first-order valence-corrected chi connectivity index (χ1v) is 5.73. The molecule has 2 heteroatoms. The Hall–Kier alpha value is -1.41. The van der Waals surface area contributed by atoms with Gasteiger partial charge in [0, 0.05) is 17.8 Å². The summed E-state index contributed by atoms with van der Waals surface area (Å²) in [5, 5.41) is 2.51. The molecule has 1 aromatic heterocycles. The number of hydrogen-bond acceptors (Lipinski definition) is 2. The van der Waals surface area contributed by atoms with Crippen molar-refractivity contribution in [2.24, 2.45) is 0 Å². The van der Waals surface area contributed by atoms with Crippen LogP contribution in [0.5, 0.6) is 0 Å². The average Bonchev–Trinajstić information content (AvgIpc) is 2.28. The molecule has 2 aromatic rings. The molecule has 0 unspecified atom stereocenters. The van der Waals surface area contributed by atoms with E-state index in [4.69, 9.17) is 0 Å². The van der Waals surface area contributed by atoms with Gasteiger partial charge in [0.05, 0.1) is 0 Å². The van der Waals surface area contributed by atoms with Crippen LogP contribution >= 0.6 is 0 Å². The zero-order valence-electron chi connectivity index (χ0n) is 9.98. The van der Waals surface area contributed by atoms with Gasteiger partial charge in [-0.05, 0) is 50.5 Å². The summed E-state index contributed by atoms with van der Waals surface area (Å²) in [6.07, 6.45) is 6.13. The predicted molar refractivity (Wildman–Crippen MR) is 68.6 cm³/mol. The molecule has 0 spiro atoms. The van der Waals surface area contributed by atoms with Crippen LogP contribution in [-0.2, 0) is 6.42 Å². The van der Waals surface area contributed by atoms with Crippen molar-refractivity contribution < 1.29 is 0 Å². The average molecular weight is 214 g/mol. The van der Waals surface area contributed by atoms with Crippen molar-refractivity contribution in [2.45, 2.75) is 12.8 Å². The van der Waals surface area contributed by atoms with Gasteiger partial charge < -0.3 is 4.90 Å². The van der Waals surface area contributed by atoms with Crippen molar-refractivity contribution in [3.8, 4) is 0 Å². The summed E-state index contributed by atoms with van der Waals surface area (Å²) >= 11 is 0. The molecule has 0 amide bonds. The normalized spacial score (nSPS) is 11.2. The zero-order chi connectivity index (χ0) is 11.4. The van der Waals surface area contributed by atoms with Crippen LogP contribution in [0, 0.1) is 0 Å². The minimum atomic E-state index is 1.15. The predicted octanol–water partition coefficient (Wildman–Crippen LogP) is 2.73. The topological polar surface area (TPSA) is 16.1 Å². The van der Waals surface area contributed by atoms with Crippen molar-refractivity contribution >= 4 is 10.8 Å². The lowest BCUT2D eigenvalue weighted by Crippen LogP contribution is -2.13. The smallest absolute Gasteiger partial charge is 0.0346 e. The lowest BCUT2D eigenvalue weighted by Gasteiger charge is -2.09. The highest BCUT2D eigenvalue weighted by atomic mass is 15.0. The Labute approximate surface area is 96.9 Å². The third kappa shape index (κ3) is 2.80. The number of pyridine rings is 1. The van der Waals surface area contributed by atoms with E-state index >= 15 is 0 Å². The van der Waals surface area contributed by atoms with E-state index in [0.717, 1.165) is 13.0 Å². The molecule has 0 atom stereocenters. The summed E-state index contributed by atoms with van der Waals surface area (Å²) in [5.74, 6) is 0. The van der Waals surface area contributed by atoms with Crippen molar-refractivity contribution in [3.05, 3.63) is 42.2 Å². The first kappa shape index (κ1) is 11.1. The van der Waals surface area contributed by atoms with Gasteiger partial charge >= 0.3 is 0 Å². The Morgan fingerprint density at radius 2 is 2.00 bits per heavy atom. The number of nitrogens with zero attached hydrogens (tertiary/aromatic N) is 2. The SMILES string of the molecule is CN(C)CCCc1ccc2cnccc2c1. The maximum Gasteiger partial charge on any atom is 0.0346 e. The van der Waals surface area contributed by atoms with Gasteiger partial charge in [0.2, 0.25) is 0 Å². The third-order valence-corrected chi connectivity index (χ3v) is 2.78. The molecule has 0 radical (unpaired) electrons. The van der Waals surface area contributed by atoms with Crippen LogP contribution in [0.2, 0.25) is 0 Å². The van der Waals surface area contributed by atoms with Gasteiger partial charge in [-0.25, -0.2) is 0 Å². The van der Waals surface area contributed by atoms with Gasteiger partial charge in [-0.1, -0.05) is 18.2 Å². The van der Waals surface area contributed by atoms with E-state index in [-0.39, 0.29) is 0 Å². The number of benzene rings is 1. The second-order valence-electron chi connectivity index (χ2n) is 4.46. The van der Waals surface area contributed by atoms with Crippen LogP contribution in [0.3, 0.4) is 0 Å². The van der Waals surface area contributed by atoms with E-state index in [1.54, 1.807) is 0 Å². The standard InChI is InChI=1S/C14H18N2/c1-16(2)9-3-4-12-5-6-14-11-15-8-7-13(14)10-12/h5-8,10-11H,3-4,9H2,1-2H3. The summed E-state index contributed by atoms with van der Waals surface area (Å²) in [5.41, 5.74) is 1.42. The molecule has 0 N–H and O–H groups in total. The van der Waals surface area contributed by atoms with Gasteiger partial charge in [-0.15, -0.1) is 0 Å². The van der Waals surface area contributed by atoms with Crippen molar-refractivity contribution in [3.63, 3.8) is 0 Å². The van der Waals surface area contributed by atoms with Crippen LogP contribution in [0.25, 0.3) is 10.8 Å². The van der Waals surface area contributed by atoms with Crippen LogP contribution in [-0.4, -0.2) is 30.5 Å². The Morgan fingerprint density at radius 3 is 2.81 bits per heavy atom. The molecule has 0 saturated carbocycles. The van der Waals surface area contributed by atoms with E-state index < -0.39 is 0 Å². The summed E-state index contributed by atoms with van der Waals surface area (Å²) in [6, 6.07) is 8.71. The van der Waals surface area contributed by atoms with Crippen LogP contribution in [0.15, 0.2) is 36.7 Å². The van der Waals surface area contributed by atoms with Gasteiger partial charge in [0.25, 0.3) is 0 Å². The minimum absolute atomic E-state index is 1.15. The summed E-state index contributed by atoms with van der Waals surface area (Å²) in [6.45, 7) is 1.15. The Balaban J connectivity index is 2.08. The highest BCUT2D eigenvalue weighted by Crippen LogP contribution is 2.15. The summed E-state index contributed by atoms with van der Waals surface area (Å²) < 4.78 is 0. The van der Waals surface area contributed by atoms with Crippen molar-refractivity contribution in [1.29, 1.82) is 0 Å². The fraction of sp³-hybridized carbons (Fsp3) is 0.357. The lowest BCUT2D eigenvalue weighted by molar-refractivity contribution is 0.400. The Bertz CT molecular complexity index is 463. The van der Waals surface area contributed by atoms with E-state index in [2.05, 4.69) is 48.2 Å². The van der Waals surface area contributed by atoms with Gasteiger partial charge in [-0.2, -0.15) is 0 Å². The van der Waals surface area contributed by atoms with Crippen LogP contribution < -0.4 is 0 Å². The molecule has 84 valence electrons. The molecule has 0 saturated heterocycles. The zero-order valence-corrected chi connectivity index (χ0v) is 9.98. The van der Waals surface area contributed by atoms with Gasteiger partial charge in [0.1, 0.15) is 0 Å². The first-order valence-electron chi connectivity index (χ1n) is 5.73. The monoisotopic (exact) mass is 214 g/mol. The molecular formula is C14H18N2. The number of aryl methyl sites for hydroxylation is 1. The van der Waals surface area contributed by atoms with E-state index in [0.29, 0.717) is 0 Å². The third-order valence-electron chi connectivity index (χ3n) is 2.78. The van der Waals surface area contributed by atoms with Crippen LogP contribution in [0.4, 0.5) is 0 Å². The number of aromatic nitrogens is 1. The van der Waals surface area contributed by atoms with Crippen molar-refractivity contribution in [2.75, 3.05) is 20.6 Å². The van der Waals surface area contributed by atoms with Gasteiger partial charge in [-0.3, -0.25) is 4.98 Å². The molecular weight excluding hydrogens is 196 g/mol. The highest BCUT2D eigenvalue weighted by molar-refractivity contribution is 5.81. The highest BCUT2D eigenvalue weighted by Gasteiger charge is 1.97. The minimum Gasteiger partial charge on any atom is -0.309 e. The summed E-state index contributed by atoms with van der Waals surface area (Å²) in [7, 11) is 4.23. The first-order chi connectivity index (χ1) is 7.75. The van der Waals surface area contributed by atoms with E-state index in [1.165, 1.54) is 22.8 Å². The second-order valence-corrected chi connectivity index (χ2v) is 4.46. The molecule has 2 rings (SSSR count). The largest absolute Gasteiger partial charge is 0.309 e. The van der Waals surface area contributed by atoms with Gasteiger partial charge in [0.15, 0.2) is 0 Å². The molecule has 16 heavy (non-hydrogen) atoms. The summed E-state index contributed by atoms with van der Waals surface area (Å²) in [4.78, 5) is 6.35. The Kier molecular flexibility index (Phi) is 3.52. The van der Waals surface area contributed by atoms with E-state index in [1.807, 2.05) is 12.4 Å². The van der Waals surface area contributed by atoms with Crippen molar-refractivity contribution in [1.82, 2.24) is 9.88 Å². The quantitative estimate of drug-likeness (QED) is 0.778. The fourth-order valence-corrected chi connectivity index (χ4v) is 1.89. The molecule has 1 aromatic carbocycles. The maximum atomic E-state index is 4.12. The molecule has 2 nitrogen and oxygen atoms in total. The van der Waals surface area contributed by atoms with E-state index in [9.17, 15) is 0 Å². The lowest BCUT2D eigenvalue weighted by atomic mass is 10.1. The molecule has 0 fully saturated rings. The molecule has 0 bridgehead atoms. The molecule has 0 aliphatic heterocycles. The number of hydrogen-bond donors (Lipinski definition) is 0.